The van der Waals surface area contributed by atoms with Crippen LogP contribution in [0.25, 0.3) is 0 Å². The second kappa shape index (κ2) is 7.06. The summed E-state index contributed by atoms with van der Waals surface area (Å²) in [5, 5.41) is 13.9. The molecule has 0 atom stereocenters. The van der Waals surface area contributed by atoms with Crippen LogP contribution < -0.4 is 5.32 Å². The lowest BCUT2D eigenvalue weighted by molar-refractivity contribution is -0.385. The molecule has 6 heteroatoms. The number of benzene rings is 1. The predicted octanol–water partition coefficient (Wildman–Crippen LogP) is 2.72. The van der Waals surface area contributed by atoms with E-state index in [0.717, 1.165) is 31.6 Å². The third-order valence-corrected chi connectivity index (χ3v) is 3.77. The van der Waals surface area contributed by atoms with E-state index >= 15 is 0 Å². The molecule has 6 nitrogen and oxygen atoms in total. The molecule has 1 aromatic rings. The first-order valence-corrected chi connectivity index (χ1v) is 7.34. The number of hydrogen-bond donors (Lipinski definition) is 1. The Kier molecular flexibility index (Phi) is 5.14. The average Bonchev–Trinajstić information content (AvgIpc) is 2.47. The molecule has 1 aliphatic heterocycles. The number of likely N-dealkylation sites (tertiary alicyclic amines) is 1. The highest BCUT2D eigenvalue weighted by molar-refractivity contribution is 5.76. The van der Waals surface area contributed by atoms with Gasteiger partial charge < -0.3 is 10.2 Å². The smallest absolute Gasteiger partial charge is 0.272 e. The van der Waals surface area contributed by atoms with E-state index in [1.54, 1.807) is 19.1 Å². The Morgan fingerprint density at radius 3 is 2.67 bits per heavy atom. The third kappa shape index (κ3) is 4.18. The lowest BCUT2D eigenvalue weighted by atomic mass is 10.1. The van der Waals surface area contributed by atoms with Crippen LogP contribution in [0.1, 0.15) is 31.2 Å². The molecule has 0 radical (unpaired) electrons. The van der Waals surface area contributed by atoms with E-state index in [-0.39, 0.29) is 16.5 Å². The van der Waals surface area contributed by atoms with Crippen molar-refractivity contribution in [2.24, 2.45) is 0 Å². The highest BCUT2D eigenvalue weighted by Crippen LogP contribution is 2.21. The average molecular weight is 291 g/mol. The van der Waals surface area contributed by atoms with Gasteiger partial charge in [0.1, 0.15) is 0 Å². The number of hydrogen-bond acceptors (Lipinski definition) is 4. The lowest BCUT2D eigenvalue weighted by Crippen LogP contribution is -2.36. The van der Waals surface area contributed by atoms with Crippen LogP contribution in [0.3, 0.4) is 0 Å². The first kappa shape index (κ1) is 15.3. The summed E-state index contributed by atoms with van der Waals surface area (Å²) in [6.45, 7) is 4.00. The molecule has 1 saturated heterocycles. The summed E-state index contributed by atoms with van der Waals surface area (Å²) >= 11 is 0. The van der Waals surface area contributed by atoms with E-state index in [9.17, 15) is 14.9 Å². The van der Waals surface area contributed by atoms with Crippen LogP contribution in [0.4, 0.5) is 11.4 Å². The Balaban J connectivity index is 1.81. The standard InChI is InChI=1S/C15H21N3O3/c1-12-11-13(5-6-14(12)18(20)21)16-8-7-15(19)17-9-3-2-4-10-17/h5-6,11,16H,2-4,7-10H2,1H3. The van der Waals surface area contributed by atoms with Crippen molar-refractivity contribution in [3.05, 3.63) is 33.9 Å². The van der Waals surface area contributed by atoms with Gasteiger partial charge in [0.25, 0.3) is 5.69 Å². The van der Waals surface area contributed by atoms with Crippen LogP contribution in [-0.4, -0.2) is 35.4 Å². The Labute approximate surface area is 124 Å². The van der Waals surface area contributed by atoms with Crippen molar-refractivity contribution >= 4 is 17.3 Å². The van der Waals surface area contributed by atoms with Gasteiger partial charge in [-0.25, -0.2) is 0 Å². The zero-order valence-electron chi connectivity index (χ0n) is 12.3. The first-order chi connectivity index (χ1) is 10.1. The number of nitrogens with zero attached hydrogens (tertiary/aromatic N) is 2. The molecule has 1 aliphatic rings. The molecule has 1 fully saturated rings. The third-order valence-electron chi connectivity index (χ3n) is 3.77. The molecule has 0 unspecified atom stereocenters. The molecular weight excluding hydrogens is 270 g/mol. The highest BCUT2D eigenvalue weighted by atomic mass is 16.6. The van der Waals surface area contributed by atoms with E-state index in [2.05, 4.69) is 5.32 Å². The quantitative estimate of drug-likeness (QED) is 0.668. The maximum atomic E-state index is 12.0. The summed E-state index contributed by atoms with van der Waals surface area (Å²) in [5.41, 5.74) is 1.54. The van der Waals surface area contributed by atoms with Gasteiger partial charge in [-0.05, 0) is 38.3 Å². The fraction of sp³-hybridized carbons (Fsp3) is 0.533. The van der Waals surface area contributed by atoms with Gasteiger partial charge in [0.2, 0.25) is 5.91 Å². The van der Waals surface area contributed by atoms with Gasteiger partial charge in [-0.15, -0.1) is 0 Å². The van der Waals surface area contributed by atoms with Crippen molar-refractivity contribution in [1.29, 1.82) is 0 Å². The molecule has 2 rings (SSSR count). The molecule has 0 bridgehead atoms. The summed E-state index contributed by atoms with van der Waals surface area (Å²) in [6, 6.07) is 4.91. The molecule has 1 heterocycles. The fourth-order valence-electron chi connectivity index (χ4n) is 2.59. The lowest BCUT2D eigenvalue weighted by Gasteiger charge is -2.26. The number of carbonyl (C=O) groups is 1. The van der Waals surface area contributed by atoms with Crippen LogP contribution in [-0.2, 0) is 4.79 Å². The number of anilines is 1. The maximum Gasteiger partial charge on any atom is 0.272 e. The van der Waals surface area contributed by atoms with E-state index in [1.165, 1.54) is 12.5 Å². The largest absolute Gasteiger partial charge is 0.385 e. The van der Waals surface area contributed by atoms with Gasteiger partial charge in [0.15, 0.2) is 0 Å². The molecular formula is C15H21N3O3. The molecule has 0 aliphatic carbocycles. The number of nitrogens with one attached hydrogen (secondary N) is 1. The van der Waals surface area contributed by atoms with Crippen LogP contribution in [0.2, 0.25) is 0 Å². The zero-order valence-corrected chi connectivity index (χ0v) is 12.3. The Hall–Kier alpha value is -2.11. The van der Waals surface area contributed by atoms with E-state index in [1.807, 2.05) is 4.90 Å². The minimum Gasteiger partial charge on any atom is -0.385 e. The molecule has 114 valence electrons. The summed E-state index contributed by atoms with van der Waals surface area (Å²) in [6.07, 6.45) is 3.86. The minimum absolute atomic E-state index is 0.116. The van der Waals surface area contributed by atoms with Gasteiger partial charge in [-0.3, -0.25) is 14.9 Å². The molecule has 0 aromatic heterocycles. The summed E-state index contributed by atoms with van der Waals surface area (Å²) in [4.78, 5) is 24.3. The van der Waals surface area contributed by atoms with Crippen LogP contribution in [0, 0.1) is 17.0 Å². The first-order valence-electron chi connectivity index (χ1n) is 7.34. The van der Waals surface area contributed by atoms with Gasteiger partial charge in [0, 0.05) is 43.4 Å². The van der Waals surface area contributed by atoms with E-state index in [0.29, 0.717) is 18.5 Å². The number of nitro groups is 1. The molecule has 1 aromatic carbocycles. The number of nitro benzene ring substituents is 1. The fourth-order valence-corrected chi connectivity index (χ4v) is 2.59. The Morgan fingerprint density at radius 2 is 2.05 bits per heavy atom. The molecule has 0 spiro atoms. The van der Waals surface area contributed by atoms with Crippen molar-refractivity contribution in [2.75, 3.05) is 25.0 Å². The second-order valence-electron chi connectivity index (χ2n) is 5.38. The Morgan fingerprint density at radius 1 is 1.33 bits per heavy atom. The van der Waals surface area contributed by atoms with Gasteiger partial charge in [0.05, 0.1) is 4.92 Å². The highest BCUT2D eigenvalue weighted by Gasteiger charge is 2.16. The summed E-state index contributed by atoms with van der Waals surface area (Å²) in [5.74, 6) is 0.181. The molecule has 21 heavy (non-hydrogen) atoms. The zero-order chi connectivity index (χ0) is 15.2. The van der Waals surface area contributed by atoms with Crippen molar-refractivity contribution < 1.29 is 9.72 Å². The molecule has 1 amide bonds. The van der Waals surface area contributed by atoms with Crippen molar-refractivity contribution in [2.45, 2.75) is 32.6 Å². The maximum absolute atomic E-state index is 12.0. The molecule has 1 N–H and O–H groups in total. The van der Waals surface area contributed by atoms with E-state index < -0.39 is 0 Å². The number of amides is 1. The number of rotatable bonds is 5. The van der Waals surface area contributed by atoms with Crippen LogP contribution in [0.5, 0.6) is 0 Å². The normalized spacial score (nSPS) is 14.8. The van der Waals surface area contributed by atoms with E-state index in [4.69, 9.17) is 0 Å². The molecule has 0 saturated carbocycles. The van der Waals surface area contributed by atoms with Gasteiger partial charge in [-0.1, -0.05) is 0 Å². The topological polar surface area (TPSA) is 75.5 Å². The van der Waals surface area contributed by atoms with Crippen LogP contribution >= 0.6 is 0 Å². The van der Waals surface area contributed by atoms with Crippen molar-refractivity contribution in [3.63, 3.8) is 0 Å². The van der Waals surface area contributed by atoms with Gasteiger partial charge >= 0.3 is 0 Å². The van der Waals surface area contributed by atoms with Gasteiger partial charge in [-0.2, -0.15) is 0 Å². The predicted molar refractivity (Wildman–Crippen MR) is 81.4 cm³/mol. The summed E-state index contributed by atoms with van der Waals surface area (Å²) in [7, 11) is 0. The van der Waals surface area contributed by atoms with Crippen molar-refractivity contribution in [1.82, 2.24) is 4.90 Å². The number of carbonyl (C=O) groups excluding carboxylic acids is 1. The second-order valence-corrected chi connectivity index (χ2v) is 5.38. The minimum atomic E-state index is -0.390. The monoisotopic (exact) mass is 291 g/mol. The summed E-state index contributed by atoms with van der Waals surface area (Å²) < 4.78 is 0. The number of piperidine rings is 1. The van der Waals surface area contributed by atoms with Crippen LogP contribution in [0.15, 0.2) is 18.2 Å². The SMILES string of the molecule is Cc1cc(NCCC(=O)N2CCCCC2)ccc1[N+](=O)[O-]. The Bertz CT molecular complexity index is 525. The van der Waals surface area contributed by atoms with Crippen molar-refractivity contribution in [3.8, 4) is 0 Å². The number of aryl methyl sites for hydroxylation is 1.